The van der Waals surface area contributed by atoms with Crippen LogP contribution in [0, 0.1) is 0 Å². The number of likely N-dealkylation sites (N-methyl/N-ethyl adjacent to an activating group) is 1. The van der Waals surface area contributed by atoms with Gasteiger partial charge in [0, 0.05) is 18.7 Å². The third kappa shape index (κ3) is 4.07. The Morgan fingerprint density at radius 3 is 2.70 bits per heavy atom. The van der Waals surface area contributed by atoms with E-state index in [-0.39, 0.29) is 0 Å². The topological polar surface area (TPSA) is 34.2 Å². The number of hydrogen-bond donors (Lipinski definition) is 1. The SMILES string of the molecule is CCNCC(Cc1cncc(OC)c1)c1ccccc1. The molecule has 0 aliphatic rings. The summed E-state index contributed by atoms with van der Waals surface area (Å²) in [6.45, 7) is 4.09. The highest BCUT2D eigenvalue weighted by atomic mass is 16.5. The minimum Gasteiger partial charge on any atom is -0.495 e. The Kier molecular flexibility index (Phi) is 5.56. The molecule has 0 saturated carbocycles. The number of hydrogen-bond acceptors (Lipinski definition) is 3. The summed E-state index contributed by atoms with van der Waals surface area (Å²) in [6, 6.07) is 12.7. The van der Waals surface area contributed by atoms with Crippen LogP contribution in [0.4, 0.5) is 0 Å². The van der Waals surface area contributed by atoms with Gasteiger partial charge in [-0.1, -0.05) is 37.3 Å². The predicted molar refractivity (Wildman–Crippen MR) is 82.2 cm³/mol. The minimum absolute atomic E-state index is 0.449. The van der Waals surface area contributed by atoms with E-state index in [2.05, 4.69) is 53.6 Å². The molecule has 106 valence electrons. The van der Waals surface area contributed by atoms with Gasteiger partial charge >= 0.3 is 0 Å². The molecule has 0 fully saturated rings. The van der Waals surface area contributed by atoms with E-state index in [4.69, 9.17) is 4.74 Å². The van der Waals surface area contributed by atoms with Crippen LogP contribution in [0.1, 0.15) is 24.0 Å². The molecule has 20 heavy (non-hydrogen) atoms. The van der Waals surface area contributed by atoms with E-state index in [1.165, 1.54) is 11.1 Å². The molecule has 3 nitrogen and oxygen atoms in total. The first-order chi connectivity index (χ1) is 9.83. The number of rotatable bonds is 7. The van der Waals surface area contributed by atoms with E-state index in [9.17, 15) is 0 Å². The molecule has 0 aliphatic carbocycles. The number of methoxy groups -OCH3 is 1. The maximum atomic E-state index is 5.25. The Hall–Kier alpha value is -1.87. The molecule has 1 atom stereocenters. The number of aromatic nitrogens is 1. The molecule has 3 heteroatoms. The number of nitrogens with one attached hydrogen (secondary N) is 1. The Labute approximate surface area is 121 Å². The molecule has 1 unspecified atom stereocenters. The van der Waals surface area contributed by atoms with Gasteiger partial charge in [-0.25, -0.2) is 0 Å². The van der Waals surface area contributed by atoms with Crippen molar-refractivity contribution >= 4 is 0 Å². The Morgan fingerprint density at radius 1 is 1.20 bits per heavy atom. The van der Waals surface area contributed by atoms with Crippen LogP contribution in [0.5, 0.6) is 5.75 Å². The fourth-order valence-electron chi connectivity index (χ4n) is 2.32. The Balaban J connectivity index is 2.14. The molecule has 0 amide bonds. The summed E-state index contributed by atoms with van der Waals surface area (Å²) < 4.78 is 5.25. The van der Waals surface area contributed by atoms with Crippen molar-refractivity contribution in [1.82, 2.24) is 10.3 Å². The second-order valence-corrected chi connectivity index (χ2v) is 4.85. The normalized spacial score (nSPS) is 12.1. The van der Waals surface area contributed by atoms with E-state index in [1.807, 2.05) is 6.20 Å². The van der Waals surface area contributed by atoms with Crippen LogP contribution >= 0.6 is 0 Å². The van der Waals surface area contributed by atoms with Gasteiger partial charge in [-0.05, 0) is 30.2 Å². The van der Waals surface area contributed by atoms with Gasteiger partial charge in [0.25, 0.3) is 0 Å². The van der Waals surface area contributed by atoms with Crippen LogP contribution in [-0.2, 0) is 6.42 Å². The van der Waals surface area contributed by atoms with Gasteiger partial charge in [0.15, 0.2) is 0 Å². The monoisotopic (exact) mass is 270 g/mol. The van der Waals surface area contributed by atoms with Crippen LogP contribution in [0.2, 0.25) is 0 Å². The standard InChI is InChI=1S/C17H22N2O/c1-3-18-12-16(15-7-5-4-6-8-15)9-14-10-17(20-2)13-19-11-14/h4-8,10-11,13,16,18H,3,9,12H2,1-2H3. The van der Waals surface area contributed by atoms with Crippen molar-refractivity contribution in [2.75, 3.05) is 20.2 Å². The summed E-state index contributed by atoms with van der Waals surface area (Å²) in [5.41, 5.74) is 2.56. The highest BCUT2D eigenvalue weighted by Gasteiger charge is 2.12. The van der Waals surface area contributed by atoms with Gasteiger partial charge in [0.2, 0.25) is 0 Å². The molecule has 1 heterocycles. The first-order valence-electron chi connectivity index (χ1n) is 7.07. The van der Waals surface area contributed by atoms with E-state index in [0.29, 0.717) is 5.92 Å². The molecule has 0 saturated heterocycles. The lowest BCUT2D eigenvalue weighted by atomic mass is 9.92. The largest absolute Gasteiger partial charge is 0.495 e. The van der Waals surface area contributed by atoms with Crippen molar-refractivity contribution < 1.29 is 4.74 Å². The zero-order valence-corrected chi connectivity index (χ0v) is 12.2. The molecule has 0 bridgehead atoms. The third-order valence-electron chi connectivity index (χ3n) is 3.40. The number of pyridine rings is 1. The first-order valence-corrected chi connectivity index (χ1v) is 7.07. The lowest BCUT2D eigenvalue weighted by Crippen LogP contribution is -2.22. The highest BCUT2D eigenvalue weighted by molar-refractivity contribution is 5.27. The van der Waals surface area contributed by atoms with Crippen LogP contribution in [0.3, 0.4) is 0 Å². The van der Waals surface area contributed by atoms with Crippen molar-refractivity contribution in [1.29, 1.82) is 0 Å². The fourth-order valence-corrected chi connectivity index (χ4v) is 2.32. The average molecular weight is 270 g/mol. The average Bonchev–Trinajstić information content (AvgIpc) is 2.52. The van der Waals surface area contributed by atoms with Crippen LogP contribution in [0.25, 0.3) is 0 Å². The van der Waals surface area contributed by atoms with Crippen molar-refractivity contribution in [3.63, 3.8) is 0 Å². The van der Waals surface area contributed by atoms with Crippen LogP contribution in [0.15, 0.2) is 48.8 Å². The highest BCUT2D eigenvalue weighted by Crippen LogP contribution is 2.21. The quantitative estimate of drug-likeness (QED) is 0.839. The minimum atomic E-state index is 0.449. The number of nitrogens with zero attached hydrogens (tertiary/aromatic N) is 1. The third-order valence-corrected chi connectivity index (χ3v) is 3.40. The van der Waals surface area contributed by atoms with Crippen molar-refractivity contribution in [2.45, 2.75) is 19.3 Å². The van der Waals surface area contributed by atoms with Crippen molar-refractivity contribution in [3.8, 4) is 5.75 Å². The lowest BCUT2D eigenvalue weighted by molar-refractivity contribution is 0.412. The van der Waals surface area contributed by atoms with Gasteiger partial charge in [0.05, 0.1) is 13.3 Å². The van der Waals surface area contributed by atoms with E-state index >= 15 is 0 Å². The molecule has 1 aromatic carbocycles. The maximum absolute atomic E-state index is 5.25. The maximum Gasteiger partial charge on any atom is 0.137 e. The van der Waals surface area contributed by atoms with Crippen molar-refractivity contribution in [3.05, 3.63) is 59.9 Å². The lowest BCUT2D eigenvalue weighted by Gasteiger charge is -2.18. The Morgan fingerprint density at radius 2 is 2.00 bits per heavy atom. The van der Waals surface area contributed by atoms with Crippen molar-refractivity contribution in [2.24, 2.45) is 0 Å². The van der Waals surface area contributed by atoms with Gasteiger partial charge in [-0.3, -0.25) is 4.98 Å². The van der Waals surface area contributed by atoms with Gasteiger partial charge in [-0.15, -0.1) is 0 Å². The second kappa shape index (κ2) is 7.65. The molecule has 1 aromatic heterocycles. The van der Waals surface area contributed by atoms with Gasteiger partial charge < -0.3 is 10.1 Å². The van der Waals surface area contributed by atoms with E-state index in [1.54, 1.807) is 13.3 Å². The van der Waals surface area contributed by atoms with Gasteiger partial charge in [0.1, 0.15) is 5.75 Å². The molecule has 1 N–H and O–H groups in total. The summed E-state index contributed by atoms with van der Waals surface area (Å²) in [7, 11) is 1.67. The molecule has 2 aromatic rings. The molecular formula is C17H22N2O. The summed E-state index contributed by atoms with van der Waals surface area (Å²) >= 11 is 0. The fraction of sp³-hybridized carbons (Fsp3) is 0.353. The summed E-state index contributed by atoms with van der Waals surface area (Å²) in [6.07, 6.45) is 4.62. The zero-order valence-electron chi connectivity index (χ0n) is 12.2. The van der Waals surface area contributed by atoms with Crippen LogP contribution in [-0.4, -0.2) is 25.2 Å². The van der Waals surface area contributed by atoms with Gasteiger partial charge in [-0.2, -0.15) is 0 Å². The van der Waals surface area contributed by atoms with E-state index in [0.717, 1.165) is 25.3 Å². The number of ether oxygens (including phenoxy) is 1. The smallest absolute Gasteiger partial charge is 0.137 e. The second-order valence-electron chi connectivity index (χ2n) is 4.85. The Bertz CT molecular complexity index is 513. The predicted octanol–water partition coefficient (Wildman–Crippen LogP) is 3.03. The summed E-state index contributed by atoms with van der Waals surface area (Å²) in [4.78, 5) is 4.24. The zero-order chi connectivity index (χ0) is 14.2. The molecular weight excluding hydrogens is 248 g/mol. The molecule has 0 spiro atoms. The summed E-state index contributed by atoms with van der Waals surface area (Å²) in [5.74, 6) is 1.27. The molecule has 0 aliphatic heterocycles. The van der Waals surface area contributed by atoms with Crippen LogP contribution < -0.4 is 10.1 Å². The molecule has 2 rings (SSSR count). The van der Waals surface area contributed by atoms with E-state index < -0.39 is 0 Å². The summed E-state index contributed by atoms with van der Waals surface area (Å²) in [5, 5.41) is 3.44. The molecule has 0 radical (unpaired) electrons. The first kappa shape index (κ1) is 14.5. The number of benzene rings is 1.